The Balaban J connectivity index is 2.20. The van der Waals surface area contributed by atoms with E-state index in [-0.39, 0.29) is 37.7 Å². The fourth-order valence-electron chi connectivity index (χ4n) is 2.13. The van der Waals surface area contributed by atoms with Crippen LogP contribution in [0.3, 0.4) is 0 Å². The number of ether oxygens (including phenoxy) is 1. The lowest BCUT2D eigenvalue weighted by Crippen LogP contribution is -2.49. The summed E-state index contributed by atoms with van der Waals surface area (Å²) in [6.07, 6.45) is 0.449. The van der Waals surface area contributed by atoms with E-state index in [1.165, 1.54) is 12.0 Å². The minimum atomic E-state index is -0.491. The molecule has 0 bridgehead atoms. The maximum Gasteiger partial charge on any atom is 0.328 e. The second kappa shape index (κ2) is 6.90. The van der Waals surface area contributed by atoms with Crippen molar-refractivity contribution in [3.05, 3.63) is 18.2 Å². The first-order valence-corrected chi connectivity index (χ1v) is 6.84. The zero-order chi connectivity index (χ0) is 16.1. The molecular formula is C14H18N4O4. The van der Waals surface area contributed by atoms with Crippen molar-refractivity contribution in [2.45, 2.75) is 12.8 Å². The molecule has 1 fully saturated rings. The van der Waals surface area contributed by atoms with Crippen LogP contribution in [0.4, 0.5) is 16.2 Å². The van der Waals surface area contributed by atoms with Crippen LogP contribution in [0.2, 0.25) is 0 Å². The number of benzene rings is 1. The molecule has 8 nitrogen and oxygen atoms in total. The zero-order valence-corrected chi connectivity index (χ0v) is 12.2. The van der Waals surface area contributed by atoms with E-state index in [0.717, 1.165) is 0 Å². The third-order valence-electron chi connectivity index (χ3n) is 3.18. The molecule has 0 unspecified atom stereocenters. The average Bonchev–Trinajstić information content (AvgIpc) is 2.48. The molecule has 1 heterocycles. The molecule has 1 aromatic rings. The van der Waals surface area contributed by atoms with Crippen molar-refractivity contribution in [3.8, 4) is 5.75 Å². The minimum Gasteiger partial charge on any atom is -0.494 e. The summed E-state index contributed by atoms with van der Waals surface area (Å²) >= 11 is 0. The molecule has 0 radical (unpaired) electrons. The van der Waals surface area contributed by atoms with E-state index in [1.54, 1.807) is 18.2 Å². The SMILES string of the molecule is COc1cc(NC(=O)CCN)ccc1N1CCC(=O)NC1=O. The topological polar surface area (TPSA) is 114 Å². The molecule has 4 amide bonds. The first-order valence-electron chi connectivity index (χ1n) is 6.84. The van der Waals surface area contributed by atoms with Gasteiger partial charge in [-0.25, -0.2) is 4.79 Å². The summed E-state index contributed by atoms with van der Waals surface area (Å²) < 4.78 is 5.27. The second-order valence-corrected chi connectivity index (χ2v) is 4.73. The van der Waals surface area contributed by atoms with E-state index in [0.29, 0.717) is 17.1 Å². The van der Waals surface area contributed by atoms with Gasteiger partial charge in [-0.15, -0.1) is 0 Å². The van der Waals surface area contributed by atoms with Gasteiger partial charge in [0.25, 0.3) is 0 Å². The molecule has 1 aliphatic heterocycles. The van der Waals surface area contributed by atoms with Gasteiger partial charge in [0.2, 0.25) is 11.8 Å². The van der Waals surface area contributed by atoms with Crippen LogP contribution in [-0.4, -0.2) is 38.0 Å². The number of rotatable bonds is 5. The molecule has 22 heavy (non-hydrogen) atoms. The van der Waals surface area contributed by atoms with Crippen LogP contribution in [0.1, 0.15) is 12.8 Å². The lowest BCUT2D eigenvalue weighted by molar-refractivity contribution is -0.120. The van der Waals surface area contributed by atoms with Crippen molar-refractivity contribution in [2.24, 2.45) is 5.73 Å². The Kier molecular flexibility index (Phi) is 4.95. The van der Waals surface area contributed by atoms with Crippen LogP contribution in [-0.2, 0) is 9.59 Å². The summed E-state index contributed by atoms with van der Waals surface area (Å²) in [5, 5.41) is 4.95. The van der Waals surface area contributed by atoms with Crippen molar-refractivity contribution in [1.29, 1.82) is 0 Å². The van der Waals surface area contributed by atoms with Crippen LogP contribution in [0.15, 0.2) is 18.2 Å². The van der Waals surface area contributed by atoms with Gasteiger partial charge in [-0.2, -0.15) is 0 Å². The number of hydrogen-bond donors (Lipinski definition) is 3. The van der Waals surface area contributed by atoms with Crippen LogP contribution in [0.5, 0.6) is 5.75 Å². The summed E-state index contributed by atoms with van der Waals surface area (Å²) in [6.45, 7) is 0.545. The fourth-order valence-corrected chi connectivity index (χ4v) is 2.13. The predicted molar refractivity (Wildman–Crippen MR) is 80.8 cm³/mol. The summed E-state index contributed by atoms with van der Waals surface area (Å²) in [7, 11) is 1.47. The highest BCUT2D eigenvalue weighted by Crippen LogP contribution is 2.32. The average molecular weight is 306 g/mol. The van der Waals surface area contributed by atoms with Gasteiger partial charge >= 0.3 is 6.03 Å². The number of carbonyl (C=O) groups excluding carboxylic acids is 3. The number of nitrogens with two attached hydrogens (primary N) is 1. The number of amides is 4. The third kappa shape index (κ3) is 3.53. The molecule has 0 aliphatic carbocycles. The summed E-state index contributed by atoms with van der Waals surface area (Å²) in [4.78, 5) is 36.0. The number of urea groups is 1. The molecule has 0 saturated carbocycles. The van der Waals surface area contributed by atoms with Crippen LogP contribution >= 0.6 is 0 Å². The standard InChI is InChI=1S/C14H18N4O4/c1-22-11-8-9(16-12(19)4-6-15)2-3-10(11)18-7-5-13(20)17-14(18)21/h2-3,8H,4-7,15H2,1H3,(H,16,19)(H,17,20,21). The number of anilines is 2. The fraction of sp³-hybridized carbons (Fsp3) is 0.357. The normalized spacial score (nSPS) is 14.5. The Hall–Kier alpha value is -2.61. The Morgan fingerprint density at radius 2 is 2.23 bits per heavy atom. The van der Waals surface area contributed by atoms with Crippen LogP contribution in [0, 0.1) is 0 Å². The zero-order valence-electron chi connectivity index (χ0n) is 12.2. The van der Waals surface area contributed by atoms with E-state index >= 15 is 0 Å². The van der Waals surface area contributed by atoms with E-state index < -0.39 is 6.03 Å². The van der Waals surface area contributed by atoms with Crippen LogP contribution < -0.4 is 26.0 Å². The Morgan fingerprint density at radius 1 is 1.45 bits per heavy atom. The number of nitrogens with one attached hydrogen (secondary N) is 2. The van der Waals surface area contributed by atoms with Gasteiger partial charge in [0.1, 0.15) is 5.75 Å². The van der Waals surface area contributed by atoms with Crippen molar-refractivity contribution < 1.29 is 19.1 Å². The van der Waals surface area contributed by atoms with Gasteiger partial charge in [-0.05, 0) is 12.1 Å². The quantitative estimate of drug-likeness (QED) is 0.730. The molecule has 8 heteroatoms. The molecule has 2 rings (SSSR count). The van der Waals surface area contributed by atoms with Gasteiger partial charge in [-0.1, -0.05) is 0 Å². The molecule has 0 aromatic heterocycles. The van der Waals surface area contributed by atoms with Gasteiger partial charge in [0.05, 0.1) is 12.8 Å². The molecule has 118 valence electrons. The minimum absolute atomic E-state index is 0.196. The number of carbonyl (C=O) groups is 3. The van der Waals surface area contributed by atoms with Crippen molar-refractivity contribution in [3.63, 3.8) is 0 Å². The lowest BCUT2D eigenvalue weighted by atomic mass is 10.2. The molecule has 1 aliphatic rings. The second-order valence-electron chi connectivity index (χ2n) is 4.73. The molecular weight excluding hydrogens is 288 g/mol. The molecule has 4 N–H and O–H groups in total. The highest BCUT2D eigenvalue weighted by atomic mass is 16.5. The Morgan fingerprint density at radius 3 is 2.86 bits per heavy atom. The molecule has 0 atom stereocenters. The Labute approximate surface area is 127 Å². The monoisotopic (exact) mass is 306 g/mol. The van der Waals surface area contributed by atoms with E-state index in [4.69, 9.17) is 10.5 Å². The first-order chi connectivity index (χ1) is 10.5. The van der Waals surface area contributed by atoms with Crippen molar-refractivity contribution in [1.82, 2.24) is 5.32 Å². The van der Waals surface area contributed by atoms with Gasteiger partial charge in [0.15, 0.2) is 0 Å². The van der Waals surface area contributed by atoms with Gasteiger partial charge < -0.3 is 15.8 Å². The summed E-state index contributed by atoms with van der Waals surface area (Å²) in [5.41, 5.74) is 6.40. The highest BCUT2D eigenvalue weighted by molar-refractivity contribution is 6.06. The maximum atomic E-state index is 11.9. The molecule has 1 aromatic carbocycles. The van der Waals surface area contributed by atoms with E-state index in [1.807, 2.05) is 0 Å². The summed E-state index contributed by atoms with van der Waals surface area (Å²) in [6, 6.07) is 4.45. The first kappa shape index (κ1) is 15.8. The Bertz CT molecular complexity index is 603. The number of nitrogens with zero attached hydrogens (tertiary/aromatic N) is 1. The third-order valence-corrected chi connectivity index (χ3v) is 3.18. The maximum absolute atomic E-state index is 11.9. The van der Waals surface area contributed by atoms with Crippen molar-refractivity contribution >= 4 is 29.2 Å². The van der Waals surface area contributed by atoms with Gasteiger partial charge in [0, 0.05) is 37.7 Å². The van der Waals surface area contributed by atoms with Crippen molar-refractivity contribution in [2.75, 3.05) is 30.4 Å². The smallest absolute Gasteiger partial charge is 0.328 e. The van der Waals surface area contributed by atoms with Gasteiger partial charge in [-0.3, -0.25) is 19.8 Å². The number of imide groups is 1. The molecule has 0 spiro atoms. The molecule has 1 saturated heterocycles. The number of methoxy groups -OCH3 is 1. The van der Waals surface area contributed by atoms with E-state index in [9.17, 15) is 14.4 Å². The predicted octanol–water partition coefficient (Wildman–Crippen LogP) is 0.429. The summed E-state index contributed by atoms with van der Waals surface area (Å²) in [5.74, 6) is -0.0699. The van der Waals surface area contributed by atoms with E-state index in [2.05, 4.69) is 10.6 Å². The number of hydrogen-bond acceptors (Lipinski definition) is 5. The highest BCUT2D eigenvalue weighted by Gasteiger charge is 2.26. The van der Waals surface area contributed by atoms with Crippen LogP contribution in [0.25, 0.3) is 0 Å². The lowest BCUT2D eigenvalue weighted by Gasteiger charge is -2.28. The largest absolute Gasteiger partial charge is 0.494 e.